The number of anilines is 1. The molecule has 0 amide bonds. The molecule has 1 aromatic carbocycles. The van der Waals surface area contributed by atoms with Crippen LogP contribution in [0.5, 0.6) is 0 Å². The molecule has 17 heavy (non-hydrogen) atoms. The van der Waals surface area contributed by atoms with Crippen LogP contribution in [0.1, 0.15) is 12.0 Å². The first-order valence-corrected chi connectivity index (χ1v) is 5.86. The average Bonchev–Trinajstić information content (AvgIpc) is 2.89. The van der Waals surface area contributed by atoms with Gasteiger partial charge in [-0.3, -0.25) is 0 Å². The Hall–Kier alpha value is -1.55. The Morgan fingerprint density at radius 1 is 1.41 bits per heavy atom. The molecular formula is C13H15NO3. The molecule has 0 radical (unpaired) electrons. The predicted octanol–water partition coefficient (Wildman–Crippen LogP) is 1.43. The normalized spacial score (nSPS) is 30.9. The predicted molar refractivity (Wildman–Crippen MR) is 63.2 cm³/mol. The Morgan fingerprint density at radius 2 is 2.12 bits per heavy atom. The number of nitrogens with zero attached hydrogens (tertiary/aromatic N) is 1. The number of hydrogen-bond donors (Lipinski definition) is 1. The standard InChI is InChI=1S/C13H15NO3/c1-8-2-4-9(5-3-8)14-10-6-11(17-7-10)12(14)13(15)16/h2-5,10-12H,6-7H2,1H3,(H,15,16). The van der Waals surface area contributed by atoms with E-state index in [-0.39, 0.29) is 12.1 Å². The minimum Gasteiger partial charge on any atom is -0.480 e. The third kappa shape index (κ3) is 1.60. The molecule has 0 spiro atoms. The van der Waals surface area contributed by atoms with Crippen LogP contribution in [0.3, 0.4) is 0 Å². The maximum atomic E-state index is 11.3. The smallest absolute Gasteiger partial charge is 0.329 e. The number of hydrogen-bond acceptors (Lipinski definition) is 3. The van der Waals surface area contributed by atoms with Crippen LogP contribution in [0.2, 0.25) is 0 Å². The van der Waals surface area contributed by atoms with Gasteiger partial charge in [-0.15, -0.1) is 0 Å². The van der Waals surface area contributed by atoms with Crippen molar-refractivity contribution in [3.05, 3.63) is 29.8 Å². The quantitative estimate of drug-likeness (QED) is 0.839. The second-order valence-electron chi connectivity index (χ2n) is 4.79. The van der Waals surface area contributed by atoms with Crippen LogP contribution in [0.4, 0.5) is 5.69 Å². The zero-order valence-electron chi connectivity index (χ0n) is 9.67. The van der Waals surface area contributed by atoms with Gasteiger partial charge in [-0.1, -0.05) is 17.7 Å². The van der Waals surface area contributed by atoms with Gasteiger partial charge in [-0.25, -0.2) is 4.79 Å². The molecule has 0 saturated carbocycles. The number of aliphatic carboxylic acids is 1. The SMILES string of the molecule is Cc1ccc(N2C3COC(C3)C2C(=O)O)cc1. The Morgan fingerprint density at radius 3 is 2.76 bits per heavy atom. The highest BCUT2D eigenvalue weighted by atomic mass is 16.5. The number of ether oxygens (including phenoxy) is 1. The summed E-state index contributed by atoms with van der Waals surface area (Å²) in [4.78, 5) is 13.3. The monoisotopic (exact) mass is 233 g/mol. The van der Waals surface area contributed by atoms with Crippen molar-refractivity contribution in [2.45, 2.75) is 31.5 Å². The number of benzene rings is 1. The molecule has 1 aromatic rings. The number of rotatable bonds is 2. The van der Waals surface area contributed by atoms with E-state index in [0.29, 0.717) is 6.61 Å². The minimum atomic E-state index is -0.794. The Balaban J connectivity index is 1.95. The summed E-state index contributed by atoms with van der Waals surface area (Å²) in [5, 5.41) is 9.30. The van der Waals surface area contributed by atoms with Crippen LogP contribution >= 0.6 is 0 Å². The molecule has 2 aliphatic heterocycles. The number of carboxylic acid groups (broad SMARTS) is 1. The molecule has 90 valence electrons. The molecule has 4 nitrogen and oxygen atoms in total. The van der Waals surface area contributed by atoms with Crippen molar-refractivity contribution >= 4 is 11.7 Å². The van der Waals surface area contributed by atoms with E-state index in [2.05, 4.69) is 0 Å². The lowest BCUT2D eigenvalue weighted by molar-refractivity contribution is -0.141. The van der Waals surface area contributed by atoms with E-state index < -0.39 is 12.0 Å². The molecule has 3 unspecified atom stereocenters. The van der Waals surface area contributed by atoms with Gasteiger partial charge >= 0.3 is 5.97 Å². The maximum Gasteiger partial charge on any atom is 0.329 e. The fourth-order valence-corrected chi connectivity index (χ4v) is 2.83. The molecule has 2 fully saturated rings. The van der Waals surface area contributed by atoms with Gasteiger partial charge in [0.1, 0.15) is 0 Å². The lowest BCUT2D eigenvalue weighted by atomic mass is 10.1. The van der Waals surface area contributed by atoms with Crippen LogP contribution in [0.15, 0.2) is 24.3 Å². The number of fused-ring (bicyclic) bond motifs is 2. The number of carbonyl (C=O) groups is 1. The molecule has 3 atom stereocenters. The molecule has 2 bridgehead atoms. The molecule has 3 rings (SSSR count). The van der Waals surface area contributed by atoms with Gasteiger partial charge in [-0.05, 0) is 25.5 Å². The largest absolute Gasteiger partial charge is 0.480 e. The molecule has 1 N–H and O–H groups in total. The van der Waals surface area contributed by atoms with Crippen molar-refractivity contribution in [3.63, 3.8) is 0 Å². The Kier molecular flexibility index (Phi) is 2.33. The van der Waals surface area contributed by atoms with Crippen molar-refractivity contribution < 1.29 is 14.6 Å². The second kappa shape index (κ2) is 3.74. The van der Waals surface area contributed by atoms with E-state index in [0.717, 1.165) is 12.1 Å². The maximum absolute atomic E-state index is 11.3. The van der Waals surface area contributed by atoms with E-state index in [4.69, 9.17) is 4.74 Å². The van der Waals surface area contributed by atoms with Crippen molar-refractivity contribution in [1.29, 1.82) is 0 Å². The number of aryl methyl sites for hydroxylation is 1. The van der Waals surface area contributed by atoms with E-state index in [1.165, 1.54) is 5.56 Å². The second-order valence-corrected chi connectivity index (χ2v) is 4.79. The first-order chi connectivity index (χ1) is 8.16. The van der Waals surface area contributed by atoms with Gasteiger partial charge in [0, 0.05) is 5.69 Å². The van der Waals surface area contributed by atoms with E-state index in [1.807, 2.05) is 36.1 Å². The van der Waals surface area contributed by atoms with Gasteiger partial charge in [0.05, 0.1) is 18.8 Å². The minimum absolute atomic E-state index is 0.154. The fourth-order valence-electron chi connectivity index (χ4n) is 2.83. The van der Waals surface area contributed by atoms with Gasteiger partial charge in [0.2, 0.25) is 0 Å². The third-order valence-electron chi connectivity index (χ3n) is 3.64. The molecule has 2 aliphatic rings. The molecule has 0 aliphatic carbocycles. The van der Waals surface area contributed by atoms with E-state index >= 15 is 0 Å². The van der Waals surface area contributed by atoms with Crippen LogP contribution in [0, 0.1) is 6.92 Å². The van der Waals surface area contributed by atoms with Gasteiger partial charge in [0.25, 0.3) is 0 Å². The summed E-state index contributed by atoms with van der Waals surface area (Å²) < 4.78 is 5.48. The number of carboxylic acids is 1. The summed E-state index contributed by atoms with van der Waals surface area (Å²) in [5.41, 5.74) is 2.17. The Labute approximate surface area is 99.8 Å². The Bertz CT molecular complexity index is 442. The number of morpholine rings is 1. The van der Waals surface area contributed by atoms with Crippen molar-refractivity contribution in [1.82, 2.24) is 0 Å². The van der Waals surface area contributed by atoms with E-state index in [9.17, 15) is 9.90 Å². The van der Waals surface area contributed by atoms with Crippen molar-refractivity contribution in [2.75, 3.05) is 11.5 Å². The summed E-state index contributed by atoms with van der Waals surface area (Å²) in [7, 11) is 0. The molecule has 2 heterocycles. The topological polar surface area (TPSA) is 49.8 Å². The van der Waals surface area contributed by atoms with Crippen LogP contribution in [0.25, 0.3) is 0 Å². The molecule has 0 aromatic heterocycles. The average molecular weight is 233 g/mol. The van der Waals surface area contributed by atoms with Crippen molar-refractivity contribution in [3.8, 4) is 0 Å². The van der Waals surface area contributed by atoms with Crippen LogP contribution < -0.4 is 4.90 Å². The lowest BCUT2D eigenvalue weighted by Crippen LogP contribution is -2.50. The lowest BCUT2D eigenvalue weighted by Gasteiger charge is -2.34. The summed E-state index contributed by atoms with van der Waals surface area (Å²) in [5.74, 6) is -0.794. The van der Waals surface area contributed by atoms with Crippen LogP contribution in [-0.2, 0) is 9.53 Å². The molecule has 2 saturated heterocycles. The highest BCUT2D eigenvalue weighted by molar-refractivity contribution is 5.80. The molecular weight excluding hydrogens is 218 g/mol. The van der Waals surface area contributed by atoms with Gasteiger partial charge in [-0.2, -0.15) is 0 Å². The highest BCUT2D eigenvalue weighted by Crippen LogP contribution is 2.37. The third-order valence-corrected chi connectivity index (χ3v) is 3.64. The van der Waals surface area contributed by atoms with Crippen LogP contribution in [-0.4, -0.2) is 35.9 Å². The highest BCUT2D eigenvalue weighted by Gasteiger charge is 2.50. The van der Waals surface area contributed by atoms with Gasteiger partial charge < -0.3 is 14.7 Å². The fraction of sp³-hybridized carbons (Fsp3) is 0.462. The first-order valence-electron chi connectivity index (χ1n) is 5.86. The van der Waals surface area contributed by atoms with Gasteiger partial charge in [0.15, 0.2) is 6.04 Å². The zero-order chi connectivity index (χ0) is 12.0. The summed E-state index contributed by atoms with van der Waals surface area (Å²) in [6, 6.07) is 7.69. The summed E-state index contributed by atoms with van der Waals surface area (Å²) in [6.45, 7) is 2.67. The summed E-state index contributed by atoms with van der Waals surface area (Å²) >= 11 is 0. The molecule has 4 heteroatoms. The summed E-state index contributed by atoms with van der Waals surface area (Å²) in [6.07, 6.45) is 0.670. The van der Waals surface area contributed by atoms with Crippen molar-refractivity contribution in [2.24, 2.45) is 0 Å². The zero-order valence-corrected chi connectivity index (χ0v) is 9.67. The van der Waals surface area contributed by atoms with E-state index in [1.54, 1.807) is 0 Å². The first kappa shape index (κ1) is 10.6.